The van der Waals surface area contributed by atoms with Crippen molar-refractivity contribution in [3.05, 3.63) is 194 Å². The molecule has 4 nitrogen and oxygen atoms in total. The predicted octanol–water partition coefficient (Wildman–Crippen LogP) is 13.7. The summed E-state index contributed by atoms with van der Waals surface area (Å²) in [4.78, 5) is 15.4. The molecule has 0 N–H and O–H groups in total. The smallest absolute Gasteiger partial charge is 0.164 e. The quantitative estimate of drug-likeness (QED) is 0.171. The van der Waals surface area contributed by atoms with Gasteiger partial charge in [-0.05, 0) is 70.8 Å². The molecule has 0 saturated heterocycles. The van der Waals surface area contributed by atoms with Gasteiger partial charge >= 0.3 is 0 Å². The summed E-state index contributed by atoms with van der Waals surface area (Å²) < 4.78 is 4.91. The number of aromatic nitrogens is 4. The van der Waals surface area contributed by atoms with Crippen molar-refractivity contribution in [2.24, 2.45) is 0 Å². The normalized spacial score (nSPS) is 11.6. The standard InChI is InChI=1S/C51H32N4S/c1-5-15-33(16-6-1)36-26-28-46-43(29-36)40-27-25-37(32-47(40)56-46)42-30-38(31-45-48(42)41-23-13-14-24-44(41)55(45)39-21-11-4-12-22-39)51-53-49(34-17-7-2-8-18-34)52-50(54-51)35-19-9-3-10-20-35/h1-32H. The fourth-order valence-electron chi connectivity index (χ4n) is 8.00. The van der Waals surface area contributed by atoms with Gasteiger partial charge in [-0.25, -0.2) is 15.0 Å². The average Bonchev–Trinajstić information content (AvgIpc) is 3.82. The van der Waals surface area contributed by atoms with Gasteiger partial charge < -0.3 is 4.57 Å². The molecule has 0 aliphatic rings. The summed E-state index contributed by atoms with van der Waals surface area (Å²) >= 11 is 1.85. The van der Waals surface area contributed by atoms with Crippen molar-refractivity contribution in [2.45, 2.75) is 0 Å². The Morgan fingerprint density at radius 1 is 0.339 bits per heavy atom. The van der Waals surface area contributed by atoms with Gasteiger partial charge in [0.15, 0.2) is 17.5 Å². The molecule has 0 spiro atoms. The van der Waals surface area contributed by atoms with Crippen LogP contribution in [0.5, 0.6) is 0 Å². The second-order valence-electron chi connectivity index (χ2n) is 14.0. The fraction of sp³-hybridized carbons (Fsp3) is 0. The van der Waals surface area contributed by atoms with Crippen LogP contribution in [0.15, 0.2) is 194 Å². The van der Waals surface area contributed by atoms with Crippen LogP contribution in [-0.4, -0.2) is 19.5 Å². The van der Waals surface area contributed by atoms with Crippen molar-refractivity contribution in [1.82, 2.24) is 19.5 Å². The van der Waals surface area contributed by atoms with Gasteiger partial charge in [-0.15, -0.1) is 11.3 Å². The van der Waals surface area contributed by atoms with Gasteiger partial charge in [0.05, 0.1) is 11.0 Å². The number of hydrogen-bond donors (Lipinski definition) is 0. The predicted molar refractivity (Wildman–Crippen MR) is 234 cm³/mol. The topological polar surface area (TPSA) is 43.6 Å². The molecule has 0 bridgehead atoms. The third-order valence-corrected chi connectivity index (χ3v) is 11.8. The van der Waals surface area contributed by atoms with Gasteiger partial charge in [-0.3, -0.25) is 0 Å². The van der Waals surface area contributed by atoms with E-state index in [1.54, 1.807) is 0 Å². The van der Waals surface area contributed by atoms with E-state index in [0.717, 1.165) is 44.5 Å². The zero-order valence-electron chi connectivity index (χ0n) is 30.2. The van der Waals surface area contributed by atoms with E-state index in [1.807, 2.05) is 47.7 Å². The number of rotatable bonds is 6. The molecular weight excluding hydrogens is 701 g/mol. The molecule has 0 saturated carbocycles. The Kier molecular flexibility index (Phi) is 7.64. The molecule has 5 heteroatoms. The number of hydrogen-bond acceptors (Lipinski definition) is 4. The van der Waals surface area contributed by atoms with Gasteiger partial charge in [0, 0.05) is 53.3 Å². The van der Waals surface area contributed by atoms with E-state index in [1.165, 1.54) is 42.1 Å². The number of para-hydroxylation sites is 2. The first-order valence-electron chi connectivity index (χ1n) is 18.8. The summed E-state index contributed by atoms with van der Waals surface area (Å²) in [6.07, 6.45) is 0. The molecular formula is C51H32N4S. The van der Waals surface area contributed by atoms with Crippen LogP contribution >= 0.6 is 11.3 Å². The van der Waals surface area contributed by atoms with E-state index in [0.29, 0.717) is 17.5 Å². The molecule has 0 fully saturated rings. The molecule has 0 aliphatic heterocycles. The third-order valence-electron chi connectivity index (χ3n) is 10.6. The highest BCUT2D eigenvalue weighted by Gasteiger charge is 2.21. The summed E-state index contributed by atoms with van der Waals surface area (Å²) in [7, 11) is 0. The summed E-state index contributed by atoms with van der Waals surface area (Å²) in [5.41, 5.74) is 10.9. The minimum atomic E-state index is 0.627. The van der Waals surface area contributed by atoms with Crippen molar-refractivity contribution >= 4 is 53.3 Å². The Balaban J connectivity index is 1.19. The Morgan fingerprint density at radius 3 is 1.59 bits per heavy atom. The lowest BCUT2D eigenvalue weighted by molar-refractivity contribution is 1.07. The van der Waals surface area contributed by atoms with Gasteiger partial charge in [0.1, 0.15) is 0 Å². The Morgan fingerprint density at radius 2 is 0.911 bits per heavy atom. The lowest BCUT2D eigenvalue weighted by Crippen LogP contribution is -2.01. The van der Waals surface area contributed by atoms with Gasteiger partial charge in [0.25, 0.3) is 0 Å². The van der Waals surface area contributed by atoms with Crippen LogP contribution in [0, 0.1) is 0 Å². The molecule has 0 aliphatic carbocycles. The average molecular weight is 733 g/mol. The zero-order valence-corrected chi connectivity index (χ0v) is 31.0. The SMILES string of the molecule is c1ccc(-c2ccc3sc4cc(-c5cc(-c6nc(-c7ccccc7)nc(-c7ccccc7)n6)cc6c5c5ccccc5n6-c5ccccc5)ccc4c3c2)cc1. The largest absolute Gasteiger partial charge is 0.309 e. The third kappa shape index (κ3) is 5.48. The fourth-order valence-corrected chi connectivity index (χ4v) is 9.13. The van der Waals surface area contributed by atoms with Crippen molar-refractivity contribution in [3.63, 3.8) is 0 Å². The molecule has 11 aromatic rings. The summed E-state index contributed by atoms with van der Waals surface area (Å²) in [5.74, 6) is 1.91. The first kappa shape index (κ1) is 32.2. The highest BCUT2D eigenvalue weighted by atomic mass is 32.1. The molecule has 0 amide bonds. The molecule has 3 heterocycles. The number of fused-ring (bicyclic) bond motifs is 6. The van der Waals surface area contributed by atoms with Crippen LogP contribution in [-0.2, 0) is 0 Å². The lowest BCUT2D eigenvalue weighted by atomic mass is 9.95. The van der Waals surface area contributed by atoms with Crippen LogP contribution in [0.1, 0.15) is 0 Å². The van der Waals surface area contributed by atoms with E-state index in [9.17, 15) is 0 Å². The first-order valence-corrected chi connectivity index (χ1v) is 19.6. The van der Waals surface area contributed by atoms with Crippen LogP contribution in [0.3, 0.4) is 0 Å². The highest BCUT2D eigenvalue weighted by Crippen LogP contribution is 2.44. The molecule has 0 unspecified atom stereocenters. The van der Waals surface area contributed by atoms with Crippen LogP contribution in [0.2, 0.25) is 0 Å². The molecule has 0 radical (unpaired) electrons. The van der Waals surface area contributed by atoms with E-state index in [4.69, 9.17) is 15.0 Å². The van der Waals surface area contributed by atoms with E-state index in [2.05, 4.69) is 162 Å². The minimum Gasteiger partial charge on any atom is -0.309 e. The van der Waals surface area contributed by atoms with E-state index >= 15 is 0 Å². The first-order chi connectivity index (χ1) is 27.7. The molecule has 56 heavy (non-hydrogen) atoms. The Bertz CT molecular complexity index is 3170. The monoisotopic (exact) mass is 732 g/mol. The number of benzene rings is 8. The number of nitrogens with zero attached hydrogens (tertiary/aromatic N) is 4. The maximum absolute atomic E-state index is 5.18. The van der Waals surface area contributed by atoms with Crippen LogP contribution < -0.4 is 0 Å². The summed E-state index contributed by atoms with van der Waals surface area (Å²) in [5, 5.41) is 4.94. The van der Waals surface area contributed by atoms with Gasteiger partial charge in [-0.1, -0.05) is 146 Å². The van der Waals surface area contributed by atoms with Crippen LogP contribution in [0.25, 0.3) is 104 Å². The molecule has 0 atom stereocenters. The maximum Gasteiger partial charge on any atom is 0.164 e. The molecule has 11 rings (SSSR count). The molecule has 3 aromatic heterocycles. The van der Waals surface area contributed by atoms with Crippen LogP contribution in [0.4, 0.5) is 0 Å². The Hall–Kier alpha value is -7.21. The van der Waals surface area contributed by atoms with Gasteiger partial charge in [0.2, 0.25) is 0 Å². The summed E-state index contributed by atoms with van der Waals surface area (Å²) in [6.45, 7) is 0. The van der Waals surface area contributed by atoms with Crippen molar-refractivity contribution < 1.29 is 0 Å². The highest BCUT2D eigenvalue weighted by molar-refractivity contribution is 7.25. The second kappa shape index (κ2) is 13.3. The molecule has 262 valence electrons. The van der Waals surface area contributed by atoms with E-state index in [-0.39, 0.29) is 0 Å². The van der Waals surface area contributed by atoms with Gasteiger partial charge in [-0.2, -0.15) is 0 Å². The zero-order chi connectivity index (χ0) is 37.0. The van der Waals surface area contributed by atoms with Crippen molar-refractivity contribution in [3.8, 4) is 62.1 Å². The van der Waals surface area contributed by atoms with Crippen molar-refractivity contribution in [1.29, 1.82) is 0 Å². The second-order valence-corrected chi connectivity index (χ2v) is 15.1. The maximum atomic E-state index is 5.18. The lowest BCUT2D eigenvalue weighted by Gasteiger charge is -2.13. The van der Waals surface area contributed by atoms with Crippen molar-refractivity contribution in [2.75, 3.05) is 0 Å². The summed E-state index contributed by atoms with van der Waals surface area (Å²) in [6, 6.07) is 68.7. The minimum absolute atomic E-state index is 0.627. The molecule has 8 aromatic carbocycles. The van der Waals surface area contributed by atoms with E-state index < -0.39 is 0 Å². The number of thiophene rings is 1. The Labute approximate surface area is 327 Å².